The fourth-order valence-corrected chi connectivity index (χ4v) is 7.10. The maximum absolute atomic E-state index is 13.6. The maximum atomic E-state index is 13.6. The molecule has 0 unspecified atom stereocenters. The van der Waals surface area contributed by atoms with Crippen LogP contribution >= 0.6 is 0 Å². The summed E-state index contributed by atoms with van der Waals surface area (Å²) in [6, 6.07) is 24.0. The van der Waals surface area contributed by atoms with Crippen LogP contribution in [0.25, 0.3) is 11.1 Å². The first-order valence-electron chi connectivity index (χ1n) is 13.2. The number of rotatable bonds is 6. The van der Waals surface area contributed by atoms with Gasteiger partial charge in [-0.15, -0.1) is 0 Å². The van der Waals surface area contributed by atoms with Crippen LogP contribution in [0.3, 0.4) is 0 Å². The molecule has 4 atom stereocenters. The molecular weight excluding hydrogens is 516 g/mol. The first-order chi connectivity index (χ1) is 18.8. The number of nitrogens with zero attached hydrogens (tertiary/aromatic N) is 1. The van der Waals surface area contributed by atoms with E-state index in [1.54, 1.807) is 18.2 Å². The summed E-state index contributed by atoms with van der Waals surface area (Å²) in [7, 11) is -3.87. The van der Waals surface area contributed by atoms with Gasteiger partial charge in [-0.2, -0.15) is 4.31 Å². The minimum absolute atomic E-state index is 0.0105. The number of amides is 1. The van der Waals surface area contributed by atoms with Gasteiger partial charge in [0.15, 0.2) is 0 Å². The molecule has 2 N–H and O–H groups in total. The lowest BCUT2D eigenvalue weighted by atomic mass is 9.96. The van der Waals surface area contributed by atoms with E-state index in [1.165, 1.54) is 4.31 Å². The van der Waals surface area contributed by atoms with Crippen LogP contribution in [0.1, 0.15) is 24.8 Å². The zero-order chi connectivity index (χ0) is 27.4. The summed E-state index contributed by atoms with van der Waals surface area (Å²) in [4.78, 5) is 13.0. The minimum Gasteiger partial charge on any atom is -0.389 e. The van der Waals surface area contributed by atoms with Crippen molar-refractivity contribution in [1.29, 1.82) is 0 Å². The van der Waals surface area contributed by atoms with Gasteiger partial charge >= 0.3 is 0 Å². The second kappa shape index (κ2) is 12.0. The predicted octanol–water partition coefficient (Wildman–Crippen LogP) is 3.99. The number of nitrogens with one attached hydrogen (secondary N) is 1. The first-order valence-corrected chi connectivity index (χ1v) is 14.7. The van der Waals surface area contributed by atoms with Crippen LogP contribution < -0.4 is 5.32 Å². The fourth-order valence-electron chi connectivity index (χ4n) is 5.28. The Hall–Kier alpha value is -3.08. The van der Waals surface area contributed by atoms with E-state index in [2.05, 4.69) is 5.32 Å². The summed E-state index contributed by atoms with van der Waals surface area (Å²) in [5.74, 6) is -0.169. The first kappa shape index (κ1) is 27.5. The van der Waals surface area contributed by atoms with Gasteiger partial charge in [0.05, 0.1) is 48.9 Å². The van der Waals surface area contributed by atoms with Crippen molar-refractivity contribution in [2.24, 2.45) is 0 Å². The van der Waals surface area contributed by atoms with Crippen molar-refractivity contribution in [3.63, 3.8) is 0 Å². The van der Waals surface area contributed by atoms with Crippen molar-refractivity contribution in [3.05, 3.63) is 84.4 Å². The zero-order valence-corrected chi connectivity index (χ0v) is 22.7. The SMILES string of the molecule is Cc1cccc(S(=O)(=O)N2C[C@H](O)COC[C@H]3O[C@@H](CC(=O)Nc4ccc(-c5ccccc5)cc4)CC[C@@H]32)c1. The molecule has 0 saturated carbocycles. The molecule has 1 amide bonds. The highest BCUT2D eigenvalue weighted by molar-refractivity contribution is 7.89. The lowest BCUT2D eigenvalue weighted by molar-refractivity contribution is -0.144. The van der Waals surface area contributed by atoms with Crippen LogP contribution in [0.15, 0.2) is 83.8 Å². The average Bonchev–Trinajstić information content (AvgIpc) is 2.92. The van der Waals surface area contributed by atoms with E-state index in [-0.39, 0.29) is 43.1 Å². The number of carbonyl (C=O) groups is 1. The van der Waals surface area contributed by atoms with Crippen molar-refractivity contribution in [3.8, 4) is 11.1 Å². The molecule has 39 heavy (non-hydrogen) atoms. The van der Waals surface area contributed by atoms with Crippen molar-refractivity contribution < 1.29 is 27.8 Å². The van der Waals surface area contributed by atoms with Crippen LogP contribution in [-0.2, 0) is 24.3 Å². The molecule has 2 aliphatic rings. The highest BCUT2D eigenvalue weighted by Gasteiger charge is 2.43. The molecule has 0 aliphatic carbocycles. The van der Waals surface area contributed by atoms with Crippen molar-refractivity contribution in [2.45, 2.75) is 55.4 Å². The van der Waals surface area contributed by atoms with Gasteiger partial charge in [0.25, 0.3) is 0 Å². The Balaban J connectivity index is 1.24. The fraction of sp³-hybridized carbons (Fsp3) is 0.367. The summed E-state index contributed by atoms with van der Waals surface area (Å²) < 4.78 is 40.5. The van der Waals surface area contributed by atoms with Crippen molar-refractivity contribution >= 4 is 21.6 Å². The largest absolute Gasteiger partial charge is 0.389 e. The highest BCUT2D eigenvalue weighted by Crippen LogP contribution is 2.32. The maximum Gasteiger partial charge on any atom is 0.243 e. The number of ether oxygens (including phenoxy) is 2. The molecule has 0 aromatic heterocycles. The number of aliphatic hydroxyl groups is 1. The van der Waals surface area contributed by atoms with Crippen LogP contribution in [0.4, 0.5) is 5.69 Å². The van der Waals surface area contributed by atoms with E-state index in [1.807, 2.05) is 67.6 Å². The Bertz CT molecular complexity index is 1380. The molecule has 2 aliphatic heterocycles. The van der Waals surface area contributed by atoms with E-state index >= 15 is 0 Å². The number of fused-ring (bicyclic) bond motifs is 1. The molecule has 8 nitrogen and oxygen atoms in total. The second-order valence-corrected chi connectivity index (χ2v) is 12.1. The number of aliphatic hydroxyl groups excluding tert-OH is 1. The van der Waals surface area contributed by atoms with Gasteiger partial charge < -0.3 is 19.9 Å². The Morgan fingerprint density at radius 2 is 1.72 bits per heavy atom. The number of carbonyl (C=O) groups excluding carboxylic acids is 1. The quantitative estimate of drug-likeness (QED) is 0.481. The van der Waals surface area contributed by atoms with Crippen molar-refractivity contribution in [2.75, 3.05) is 25.1 Å². The molecule has 3 aromatic carbocycles. The van der Waals surface area contributed by atoms with E-state index in [4.69, 9.17) is 9.47 Å². The smallest absolute Gasteiger partial charge is 0.243 e. The third-order valence-electron chi connectivity index (χ3n) is 7.22. The number of benzene rings is 3. The highest BCUT2D eigenvalue weighted by atomic mass is 32.2. The summed E-state index contributed by atoms with van der Waals surface area (Å²) in [5.41, 5.74) is 3.71. The van der Waals surface area contributed by atoms with Gasteiger partial charge in [-0.3, -0.25) is 4.79 Å². The molecule has 2 fully saturated rings. The minimum atomic E-state index is -3.87. The van der Waals surface area contributed by atoms with E-state index < -0.39 is 28.3 Å². The Labute approximate surface area is 229 Å². The van der Waals surface area contributed by atoms with Gasteiger partial charge in [-0.05, 0) is 60.7 Å². The number of aryl methyl sites for hydroxylation is 1. The van der Waals surface area contributed by atoms with Gasteiger partial charge in [-0.1, -0.05) is 54.6 Å². The lowest BCUT2D eigenvalue weighted by Crippen LogP contribution is -2.57. The molecule has 206 valence electrons. The second-order valence-electron chi connectivity index (χ2n) is 10.2. The molecule has 0 spiro atoms. The van der Waals surface area contributed by atoms with Gasteiger partial charge in [0, 0.05) is 12.2 Å². The molecular formula is C30H34N2O6S. The molecule has 3 aromatic rings. The Morgan fingerprint density at radius 3 is 2.46 bits per heavy atom. The van der Waals surface area contributed by atoms with E-state index in [9.17, 15) is 18.3 Å². The summed E-state index contributed by atoms with van der Waals surface area (Å²) >= 11 is 0. The number of hydrogen-bond donors (Lipinski definition) is 2. The lowest BCUT2D eigenvalue weighted by Gasteiger charge is -2.43. The van der Waals surface area contributed by atoms with Crippen LogP contribution in [0.2, 0.25) is 0 Å². The van der Waals surface area contributed by atoms with Gasteiger partial charge in [-0.25, -0.2) is 8.42 Å². The van der Waals surface area contributed by atoms with E-state index in [0.29, 0.717) is 18.5 Å². The third kappa shape index (κ3) is 6.57. The molecule has 2 saturated heterocycles. The van der Waals surface area contributed by atoms with Crippen LogP contribution in [0, 0.1) is 6.92 Å². The normalized spacial score (nSPS) is 24.3. The monoisotopic (exact) mass is 550 g/mol. The van der Waals surface area contributed by atoms with Crippen LogP contribution in [0.5, 0.6) is 0 Å². The van der Waals surface area contributed by atoms with Gasteiger partial charge in [0.1, 0.15) is 0 Å². The summed E-state index contributed by atoms with van der Waals surface area (Å²) in [6.45, 7) is 1.91. The average molecular weight is 551 g/mol. The molecule has 0 radical (unpaired) electrons. The predicted molar refractivity (Wildman–Crippen MR) is 149 cm³/mol. The van der Waals surface area contributed by atoms with E-state index in [0.717, 1.165) is 16.7 Å². The number of sulfonamides is 1. The zero-order valence-electron chi connectivity index (χ0n) is 21.9. The summed E-state index contributed by atoms with van der Waals surface area (Å²) in [5, 5.41) is 13.3. The van der Waals surface area contributed by atoms with Crippen molar-refractivity contribution in [1.82, 2.24) is 4.31 Å². The number of hydrogen-bond acceptors (Lipinski definition) is 6. The summed E-state index contributed by atoms with van der Waals surface area (Å²) in [6.07, 6.45) is -0.702. The Kier molecular flexibility index (Phi) is 8.44. The number of β-amino-alcohol motifs (C(OH)–C–C–N with tert-alkyl or cyclic N) is 1. The van der Waals surface area contributed by atoms with Crippen LogP contribution in [-0.4, -0.2) is 67.8 Å². The molecule has 9 heteroatoms. The molecule has 5 rings (SSSR count). The third-order valence-corrected chi connectivity index (χ3v) is 9.11. The molecule has 2 heterocycles. The topological polar surface area (TPSA) is 105 Å². The standard InChI is InChI=1S/C30H34N2O6S/c1-21-6-5-9-27(16-21)39(35,36)32-18-25(33)19-37-20-29-28(32)15-14-26(38-29)17-30(34)31-24-12-10-23(11-13-24)22-7-3-2-4-8-22/h2-13,16,25-26,28-29,33H,14-15,17-20H2,1H3,(H,31,34)/t25-,26+,28-,29+/m0/s1. The number of anilines is 1. The Morgan fingerprint density at radius 1 is 0.974 bits per heavy atom. The molecule has 0 bridgehead atoms. The van der Waals surface area contributed by atoms with Gasteiger partial charge in [0.2, 0.25) is 15.9 Å².